The minimum Gasteiger partial charge on any atom is -0.411 e. The van der Waals surface area contributed by atoms with Gasteiger partial charge in [0.1, 0.15) is 0 Å². The number of hydrogen-bond donors (Lipinski definition) is 1. The van der Waals surface area contributed by atoms with Gasteiger partial charge in [0, 0.05) is 0 Å². The molecule has 0 aliphatic carbocycles. The van der Waals surface area contributed by atoms with E-state index in [-0.39, 0.29) is 0 Å². The van der Waals surface area contributed by atoms with Gasteiger partial charge in [0.25, 0.3) is 0 Å². The van der Waals surface area contributed by atoms with Crippen molar-refractivity contribution in [1.29, 1.82) is 0 Å². The Morgan fingerprint density at radius 1 is 0.778 bits per heavy atom. The summed E-state index contributed by atoms with van der Waals surface area (Å²) in [6.45, 7) is 0. The third-order valence-electron chi connectivity index (χ3n) is 0.136. The first kappa shape index (κ1) is 15.8. The molecule has 9 heteroatoms. The molecule has 0 heterocycles. The average Bonchev–Trinajstić information content (AvgIpc) is 1.27. The van der Waals surface area contributed by atoms with E-state index in [4.69, 9.17) is 0 Å². The minimum absolute atomic E-state index is 0. The third kappa shape index (κ3) is 25.2. The summed E-state index contributed by atoms with van der Waals surface area (Å²) in [5.74, 6) is 0. The molecular formula is HNO4Rf2S2-2. The van der Waals surface area contributed by atoms with Gasteiger partial charge in [0.05, 0.1) is 0 Å². The van der Waals surface area contributed by atoms with Crippen molar-refractivity contribution in [1.82, 2.24) is 4.13 Å². The van der Waals surface area contributed by atoms with Crippen molar-refractivity contribution in [3.05, 3.63) is 0 Å². The van der Waals surface area contributed by atoms with Crippen LogP contribution in [0.1, 0.15) is 0 Å². The first-order valence-corrected chi connectivity index (χ1v) is 3.22. The summed E-state index contributed by atoms with van der Waals surface area (Å²) in [6, 6.07) is 0. The molecule has 0 fully saturated rings. The van der Waals surface area contributed by atoms with Crippen molar-refractivity contribution < 1.29 is 16.8 Å². The number of hydrogen-bond acceptors (Lipinski definition) is 6. The van der Waals surface area contributed by atoms with Gasteiger partial charge in [-0.05, 0) is 21.8 Å². The molecule has 5 nitrogen and oxygen atoms in total. The first-order chi connectivity index (χ1) is 3.13. The maximum atomic E-state index is 9.31. The molecule has 0 aliphatic heterocycles. The van der Waals surface area contributed by atoms with Crippen molar-refractivity contribution in [2.75, 3.05) is 0 Å². The summed E-state index contributed by atoms with van der Waals surface area (Å²) in [4.78, 5) is 0. The molecule has 0 saturated carbocycles. The van der Waals surface area contributed by atoms with Crippen molar-refractivity contribution in [2.24, 2.45) is 0 Å². The monoisotopic (exact) mass is 677 g/mol. The second kappa shape index (κ2) is 5.86. The summed E-state index contributed by atoms with van der Waals surface area (Å²) in [7, 11) is -5.42. The van der Waals surface area contributed by atoms with Crippen LogP contribution in [0.2, 0.25) is 0 Å². The van der Waals surface area contributed by atoms with Gasteiger partial charge in [-0.3, -0.25) is 0 Å². The zero-order chi connectivity index (χ0) is 5.86. The quantitative estimate of drug-likeness (QED) is 0.382. The van der Waals surface area contributed by atoms with E-state index in [1.54, 1.807) is 0 Å². The molecule has 0 rings (SSSR count). The van der Waals surface area contributed by atoms with Gasteiger partial charge in [0.2, 0.25) is 0 Å². The number of nitrogens with one attached hydrogen (secondary N) is 1. The van der Waals surface area contributed by atoms with E-state index in [0.29, 0.717) is 0 Å². The molecule has 0 saturated heterocycles. The van der Waals surface area contributed by atoms with Crippen LogP contribution < -0.4 is 4.13 Å². The summed E-state index contributed by atoms with van der Waals surface area (Å²) < 4.78 is 38.4. The fourth-order valence-corrected chi connectivity index (χ4v) is 0.500. The van der Waals surface area contributed by atoms with Crippen molar-refractivity contribution >= 4 is 21.8 Å². The van der Waals surface area contributed by atoms with Crippen molar-refractivity contribution in [3.63, 3.8) is 0 Å². The fraction of sp³-hybridized carbons (Fsp3) is 0. The van der Waals surface area contributed by atoms with Crippen LogP contribution in [0.5, 0.6) is 0 Å². The van der Waals surface area contributed by atoms with E-state index in [1.807, 2.05) is 0 Å². The Morgan fingerprint density at radius 3 is 1.00 bits per heavy atom. The molecule has 0 aromatic heterocycles. The molecule has 0 aliphatic rings. The van der Waals surface area contributed by atoms with Gasteiger partial charge in [-0.1, -0.05) is 0 Å². The molecule has 1 N–H and O–H groups in total. The second-order valence-electron chi connectivity index (χ2n) is 0.553. The van der Waals surface area contributed by atoms with Crippen LogP contribution >= 0.6 is 0 Å². The summed E-state index contributed by atoms with van der Waals surface area (Å²) in [5.41, 5.74) is 0. The van der Waals surface area contributed by atoms with E-state index >= 15 is 0 Å². The maximum Gasteiger partial charge on any atom is 0 e. The predicted molar refractivity (Wildman–Crippen MR) is 20.6 cm³/mol. The Balaban J connectivity index is -0.000000180. The van der Waals surface area contributed by atoms with E-state index in [2.05, 4.69) is 0 Å². The minimum atomic E-state index is -2.71. The molecule has 0 spiro atoms. The molecule has 9 heavy (non-hydrogen) atoms. The molecular weight excluding hydrogens is 676 g/mol. The van der Waals surface area contributed by atoms with Crippen LogP contribution in [0, 0.1) is 0 Å². The van der Waals surface area contributed by atoms with Gasteiger partial charge in [-0.25, -0.2) is 0 Å². The molecule has 0 radical (unpaired) electrons. The fourth-order valence-electron chi connectivity index (χ4n) is 0.0556. The molecule has 0 bridgehead atoms. The average molecular weight is 677 g/mol. The topological polar surface area (TPSA) is 80.3 Å². The Bertz CT molecular complexity index is 145. The van der Waals surface area contributed by atoms with Crippen LogP contribution in [0.4, 0.5) is 0 Å². The predicted octanol–water partition coefficient (Wildman–Crippen LogP) is -0.975. The van der Waals surface area contributed by atoms with Gasteiger partial charge >= 0.3 is 0 Å². The van der Waals surface area contributed by atoms with Crippen LogP contribution in [0.3, 0.4) is 0 Å². The first-order valence-electron chi connectivity index (χ1n) is 1.07. The Morgan fingerprint density at radius 2 is 1.00 bits per heavy atom. The van der Waals surface area contributed by atoms with E-state index in [9.17, 15) is 16.8 Å². The Labute approximate surface area is 43.5 Å². The van der Waals surface area contributed by atoms with Crippen molar-refractivity contribution in [2.45, 2.75) is 0 Å². The molecule has 0 aromatic carbocycles. The largest absolute Gasteiger partial charge is 0.411 e. The van der Waals surface area contributed by atoms with E-state index in [0.717, 1.165) is 4.13 Å². The zero-order valence-corrected chi connectivity index (χ0v) is 18.8. The standard InChI is InChI=1S/HNO4S2.2Rf/c2-6(3)1-7(4)5;;/h(H,1,2,3,4,5);;/q-2;;. The molecule has 0 aromatic rings. The Hall–Kier alpha value is -2.14. The van der Waals surface area contributed by atoms with Crippen molar-refractivity contribution in [3.8, 4) is 0 Å². The van der Waals surface area contributed by atoms with Crippen LogP contribution in [0.25, 0.3) is 0 Å². The van der Waals surface area contributed by atoms with Gasteiger partial charge < -0.3 is 21.0 Å². The normalized spacial score (nSPS) is 8.22. The third-order valence-corrected chi connectivity index (χ3v) is 1.22. The second-order valence-corrected chi connectivity index (χ2v) is 2.16. The molecule has 0 atom stereocenters. The summed E-state index contributed by atoms with van der Waals surface area (Å²) >= 11 is 0. The summed E-state index contributed by atoms with van der Waals surface area (Å²) in [5, 5.41) is 0. The van der Waals surface area contributed by atoms with E-state index < -0.39 is 21.8 Å². The van der Waals surface area contributed by atoms with E-state index in [1.165, 1.54) is 0 Å². The van der Waals surface area contributed by atoms with Gasteiger partial charge in [-0.15, -0.1) is 0 Å². The maximum absolute atomic E-state index is 9.31. The molecule has 48 valence electrons. The number of rotatable bonds is 2. The molecule has 0 amide bonds. The van der Waals surface area contributed by atoms with Gasteiger partial charge in [-0.2, -0.15) is 0 Å². The smallest absolute Gasteiger partial charge is 0 e. The summed E-state index contributed by atoms with van der Waals surface area (Å²) in [6.07, 6.45) is 0. The Kier molecular flexibility index (Phi) is 10.3. The van der Waals surface area contributed by atoms with Crippen LogP contribution in [-0.4, -0.2) is 0 Å². The molecule has 0 unspecified atom stereocenters. The zero-order valence-electron chi connectivity index (χ0n) is 4.36. The van der Waals surface area contributed by atoms with Crippen LogP contribution in [-0.2, 0) is 38.6 Å². The SMILES string of the molecule is O=[S-](=O)N[S-](=O)=O.[Rf].[Rf]. The van der Waals surface area contributed by atoms with Gasteiger partial charge in [0.15, 0.2) is 0 Å². The van der Waals surface area contributed by atoms with Crippen LogP contribution in [0.15, 0.2) is 0 Å².